The zero-order valence-electron chi connectivity index (χ0n) is 11.0. The number of rotatable bonds is 1. The SMILES string of the molecule is Nc1c2c(cc(=O)n1-c1ccc3cnoc3c1)C(=O)NC2=O. The fourth-order valence-corrected chi connectivity index (χ4v) is 2.53. The van der Waals surface area contributed by atoms with Gasteiger partial charge >= 0.3 is 0 Å². The Labute approximate surface area is 122 Å². The molecule has 22 heavy (non-hydrogen) atoms. The van der Waals surface area contributed by atoms with Crippen molar-refractivity contribution in [1.82, 2.24) is 15.0 Å². The van der Waals surface area contributed by atoms with Crippen LogP contribution in [0.5, 0.6) is 0 Å². The van der Waals surface area contributed by atoms with Crippen LogP contribution in [0.4, 0.5) is 5.82 Å². The zero-order chi connectivity index (χ0) is 15.4. The van der Waals surface area contributed by atoms with Crippen LogP contribution in [0.25, 0.3) is 16.7 Å². The molecular formula is C14H8N4O4. The van der Waals surface area contributed by atoms with E-state index in [4.69, 9.17) is 10.3 Å². The van der Waals surface area contributed by atoms with E-state index in [1.807, 2.05) is 0 Å². The minimum absolute atomic E-state index is 0.00210. The summed E-state index contributed by atoms with van der Waals surface area (Å²) in [5.41, 5.74) is 6.32. The van der Waals surface area contributed by atoms with Gasteiger partial charge in [-0.1, -0.05) is 5.16 Å². The third-order valence-electron chi connectivity index (χ3n) is 3.55. The fraction of sp³-hybridized carbons (Fsp3) is 0. The van der Waals surface area contributed by atoms with Gasteiger partial charge in [-0.15, -0.1) is 0 Å². The average Bonchev–Trinajstić information content (AvgIpc) is 3.03. The maximum absolute atomic E-state index is 12.3. The molecule has 2 amide bonds. The Morgan fingerprint density at radius 1 is 1.14 bits per heavy atom. The normalized spacial score (nSPS) is 13.5. The Bertz CT molecular complexity index is 1030. The summed E-state index contributed by atoms with van der Waals surface area (Å²) in [6.07, 6.45) is 1.54. The molecule has 0 atom stereocenters. The van der Waals surface area contributed by atoms with E-state index >= 15 is 0 Å². The van der Waals surface area contributed by atoms with E-state index in [1.54, 1.807) is 24.4 Å². The van der Waals surface area contributed by atoms with Crippen LogP contribution < -0.4 is 16.6 Å². The molecule has 0 spiro atoms. The second kappa shape index (κ2) is 4.04. The van der Waals surface area contributed by atoms with Gasteiger partial charge in [-0.05, 0) is 12.1 Å². The van der Waals surface area contributed by atoms with Gasteiger partial charge in [0, 0.05) is 17.5 Å². The summed E-state index contributed by atoms with van der Waals surface area (Å²) in [6, 6.07) is 6.04. The molecule has 8 nitrogen and oxygen atoms in total. The summed E-state index contributed by atoms with van der Waals surface area (Å²) < 4.78 is 6.20. The quantitative estimate of drug-likeness (QED) is 0.629. The lowest BCUT2D eigenvalue weighted by atomic mass is 10.1. The van der Waals surface area contributed by atoms with Crippen LogP contribution in [0.15, 0.2) is 39.8 Å². The van der Waals surface area contributed by atoms with Gasteiger partial charge in [0.15, 0.2) is 5.58 Å². The highest BCUT2D eigenvalue weighted by Crippen LogP contribution is 2.24. The number of nitrogens with two attached hydrogens (primary N) is 1. The number of aromatic nitrogens is 2. The number of hydrogen-bond acceptors (Lipinski definition) is 6. The number of imide groups is 1. The highest BCUT2D eigenvalue weighted by Gasteiger charge is 2.31. The predicted molar refractivity (Wildman–Crippen MR) is 75.8 cm³/mol. The van der Waals surface area contributed by atoms with Crippen LogP contribution >= 0.6 is 0 Å². The molecule has 0 saturated heterocycles. The standard InChI is InChI=1S/C14H8N4O4/c15-12-11-8(13(20)17-14(11)21)4-10(19)18(12)7-2-1-6-5-16-22-9(6)3-7/h1-5H,15H2,(H,17,20,21). The molecule has 2 aromatic heterocycles. The van der Waals surface area contributed by atoms with E-state index in [0.29, 0.717) is 11.3 Å². The monoisotopic (exact) mass is 296 g/mol. The third kappa shape index (κ3) is 1.51. The van der Waals surface area contributed by atoms with Crippen molar-refractivity contribution in [1.29, 1.82) is 0 Å². The van der Waals surface area contributed by atoms with Crippen molar-refractivity contribution in [3.8, 4) is 5.69 Å². The third-order valence-corrected chi connectivity index (χ3v) is 3.55. The molecule has 3 N–H and O–H groups in total. The molecule has 0 saturated carbocycles. The lowest BCUT2D eigenvalue weighted by molar-refractivity contribution is 0.0880. The summed E-state index contributed by atoms with van der Waals surface area (Å²) in [5.74, 6) is -1.33. The van der Waals surface area contributed by atoms with Crippen LogP contribution in [0.1, 0.15) is 20.7 Å². The molecule has 0 aliphatic carbocycles. The molecule has 1 aliphatic rings. The van der Waals surface area contributed by atoms with Crippen molar-refractivity contribution in [3.05, 3.63) is 51.9 Å². The number of nitrogens with one attached hydrogen (secondary N) is 1. The molecule has 3 heterocycles. The number of amides is 2. The second-order valence-electron chi connectivity index (χ2n) is 4.82. The van der Waals surface area contributed by atoms with Gasteiger partial charge in [0.2, 0.25) is 0 Å². The Kier molecular flexibility index (Phi) is 2.27. The Balaban J connectivity index is 2.03. The van der Waals surface area contributed by atoms with Crippen LogP contribution in [0.3, 0.4) is 0 Å². The highest BCUT2D eigenvalue weighted by molar-refractivity contribution is 6.23. The zero-order valence-corrected chi connectivity index (χ0v) is 11.0. The number of anilines is 1. The number of hydrogen-bond donors (Lipinski definition) is 2. The lowest BCUT2D eigenvalue weighted by Crippen LogP contribution is -2.24. The van der Waals surface area contributed by atoms with Crippen LogP contribution in [-0.4, -0.2) is 21.5 Å². The van der Waals surface area contributed by atoms with Gasteiger partial charge in [-0.25, -0.2) is 0 Å². The second-order valence-corrected chi connectivity index (χ2v) is 4.82. The first-order chi connectivity index (χ1) is 10.6. The highest BCUT2D eigenvalue weighted by atomic mass is 16.5. The maximum Gasteiger partial charge on any atom is 0.262 e. The van der Waals surface area contributed by atoms with Crippen molar-refractivity contribution in [2.24, 2.45) is 0 Å². The van der Waals surface area contributed by atoms with Crippen molar-refractivity contribution < 1.29 is 14.1 Å². The molecule has 0 bridgehead atoms. The summed E-state index contributed by atoms with van der Waals surface area (Å²) in [7, 11) is 0. The first-order valence-electron chi connectivity index (χ1n) is 6.32. The number of benzene rings is 1. The first-order valence-corrected chi connectivity index (χ1v) is 6.32. The topological polar surface area (TPSA) is 120 Å². The predicted octanol–water partition coefficient (Wildman–Crippen LogP) is 0.445. The largest absolute Gasteiger partial charge is 0.384 e. The smallest absolute Gasteiger partial charge is 0.262 e. The van der Waals surface area contributed by atoms with Gasteiger partial charge in [-0.3, -0.25) is 24.3 Å². The molecule has 8 heteroatoms. The Morgan fingerprint density at radius 3 is 2.77 bits per heavy atom. The molecule has 0 fully saturated rings. The maximum atomic E-state index is 12.3. The minimum Gasteiger partial charge on any atom is -0.384 e. The van der Waals surface area contributed by atoms with Crippen LogP contribution in [0, 0.1) is 0 Å². The van der Waals surface area contributed by atoms with Gasteiger partial charge in [-0.2, -0.15) is 0 Å². The number of carbonyl (C=O) groups excluding carboxylic acids is 2. The fourth-order valence-electron chi connectivity index (χ4n) is 2.53. The number of pyridine rings is 1. The first kappa shape index (κ1) is 12.3. The Hall–Kier alpha value is -3.42. The van der Waals surface area contributed by atoms with Gasteiger partial charge in [0.05, 0.1) is 23.0 Å². The van der Waals surface area contributed by atoms with E-state index in [-0.39, 0.29) is 16.9 Å². The van der Waals surface area contributed by atoms with Gasteiger partial charge in [0.25, 0.3) is 17.4 Å². The number of carbonyl (C=O) groups is 2. The van der Waals surface area contributed by atoms with Crippen molar-refractivity contribution >= 4 is 28.6 Å². The molecule has 1 aliphatic heterocycles. The van der Waals surface area contributed by atoms with Crippen molar-refractivity contribution in [2.45, 2.75) is 0 Å². The number of nitrogens with zero attached hydrogens (tertiary/aromatic N) is 2. The van der Waals surface area contributed by atoms with Crippen molar-refractivity contribution in [3.63, 3.8) is 0 Å². The van der Waals surface area contributed by atoms with E-state index in [9.17, 15) is 14.4 Å². The molecule has 4 rings (SSSR count). The molecule has 0 radical (unpaired) electrons. The van der Waals surface area contributed by atoms with Crippen LogP contribution in [0.2, 0.25) is 0 Å². The number of nitrogen functional groups attached to an aromatic ring is 1. The summed E-state index contributed by atoms with van der Waals surface area (Å²) >= 11 is 0. The molecule has 0 unspecified atom stereocenters. The molecule has 1 aromatic carbocycles. The van der Waals surface area contributed by atoms with Gasteiger partial charge in [0.1, 0.15) is 5.82 Å². The minimum atomic E-state index is -0.623. The van der Waals surface area contributed by atoms with E-state index in [0.717, 1.165) is 16.0 Å². The Morgan fingerprint density at radius 2 is 1.95 bits per heavy atom. The molecule has 108 valence electrons. The van der Waals surface area contributed by atoms with E-state index < -0.39 is 17.4 Å². The van der Waals surface area contributed by atoms with E-state index in [2.05, 4.69) is 10.5 Å². The molecular weight excluding hydrogens is 288 g/mol. The number of fused-ring (bicyclic) bond motifs is 2. The van der Waals surface area contributed by atoms with E-state index in [1.165, 1.54) is 0 Å². The average molecular weight is 296 g/mol. The summed E-state index contributed by atoms with van der Waals surface area (Å²) in [6.45, 7) is 0. The van der Waals surface area contributed by atoms with Gasteiger partial charge < -0.3 is 10.3 Å². The van der Waals surface area contributed by atoms with Crippen LogP contribution in [-0.2, 0) is 0 Å². The van der Waals surface area contributed by atoms with Crippen molar-refractivity contribution in [2.75, 3.05) is 5.73 Å². The summed E-state index contributed by atoms with van der Waals surface area (Å²) in [5, 5.41) is 6.54. The summed E-state index contributed by atoms with van der Waals surface area (Å²) in [4.78, 5) is 35.7. The lowest BCUT2D eigenvalue weighted by Gasteiger charge is -2.11. The molecule has 3 aromatic rings.